The predicted octanol–water partition coefficient (Wildman–Crippen LogP) is 3.60. The Morgan fingerprint density at radius 3 is 2.92 bits per heavy atom. The van der Waals surface area contributed by atoms with Gasteiger partial charge in [0, 0.05) is 12.6 Å². The minimum absolute atomic E-state index is 0.00368. The first-order valence-corrected chi connectivity index (χ1v) is 9.14. The zero-order chi connectivity index (χ0) is 17.4. The first kappa shape index (κ1) is 16.2. The molecular weight excluding hydrogens is 316 g/mol. The molecule has 5 heteroatoms. The number of nitrogens with zero attached hydrogens (tertiary/aromatic N) is 2. The third-order valence-electron chi connectivity index (χ3n) is 5.25. The Morgan fingerprint density at radius 2 is 2.12 bits per heavy atom. The van der Waals surface area contributed by atoms with E-state index >= 15 is 0 Å². The molecule has 0 N–H and O–H groups in total. The van der Waals surface area contributed by atoms with Crippen molar-refractivity contribution in [2.24, 2.45) is 0 Å². The fourth-order valence-corrected chi connectivity index (χ4v) is 3.99. The highest BCUT2D eigenvalue weighted by atomic mass is 16.5. The largest absolute Gasteiger partial charge is 0.481 e. The number of carbonyl (C=O) groups excluding carboxylic acids is 1. The van der Waals surface area contributed by atoms with Crippen LogP contribution in [-0.2, 0) is 17.6 Å². The Bertz CT molecular complexity index is 783. The normalized spacial score (nSPS) is 20.6. The lowest BCUT2D eigenvalue weighted by atomic mass is 10.1. The van der Waals surface area contributed by atoms with E-state index in [1.165, 1.54) is 17.5 Å². The lowest BCUT2D eigenvalue weighted by Gasteiger charge is -2.26. The van der Waals surface area contributed by atoms with Gasteiger partial charge in [-0.3, -0.25) is 4.79 Å². The van der Waals surface area contributed by atoms with Crippen LogP contribution in [0.2, 0.25) is 0 Å². The van der Waals surface area contributed by atoms with Crippen LogP contribution in [0.3, 0.4) is 0 Å². The van der Waals surface area contributed by atoms with Crippen LogP contribution in [0.5, 0.6) is 5.75 Å². The quantitative estimate of drug-likeness (QED) is 0.853. The van der Waals surface area contributed by atoms with Crippen LogP contribution in [0, 0.1) is 6.92 Å². The number of benzene rings is 1. The van der Waals surface area contributed by atoms with E-state index in [-0.39, 0.29) is 11.9 Å². The second kappa shape index (κ2) is 6.54. The minimum Gasteiger partial charge on any atom is -0.481 e. The van der Waals surface area contributed by atoms with Crippen molar-refractivity contribution in [3.8, 4) is 5.75 Å². The number of hydrogen-bond acceptors (Lipinski definition) is 4. The Kier molecular flexibility index (Phi) is 4.24. The van der Waals surface area contributed by atoms with Crippen molar-refractivity contribution in [1.29, 1.82) is 0 Å². The van der Waals surface area contributed by atoms with Gasteiger partial charge in [0.05, 0.1) is 6.04 Å². The molecule has 0 saturated carbocycles. The second-order valence-corrected chi connectivity index (χ2v) is 7.10. The van der Waals surface area contributed by atoms with E-state index in [1.807, 2.05) is 30.9 Å². The number of rotatable bonds is 4. The molecule has 0 radical (unpaired) electrons. The Balaban J connectivity index is 1.46. The van der Waals surface area contributed by atoms with Crippen LogP contribution in [0.1, 0.15) is 54.8 Å². The smallest absolute Gasteiger partial charge is 0.263 e. The molecule has 1 aromatic heterocycles. The van der Waals surface area contributed by atoms with Crippen LogP contribution in [0.25, 0.3) is 0 Å². The van der Waals surface area contributed by atoms with E-state index < -0.39 is 6.10 Å². The minimum atomic E-state index is -0.506. The third kappa shape index (κ3) is 3.15. The summed E-state index contributed by atoms with van der Waals surface area (Å²) in [5, 5.41) is 4.10. The van der Waals surface area contributed by atoms with E-state index in [2.05, 4.69) is 17.3 Å². The van der Waals surface area contributed by atoms with Crippen LogP contribution < -0.4 is 4.74 Å². The van der Waals surface area contributed by atoms with Gasteiger partial charge in [0.1, 0.15) is 17.2 Å². The van der Waals surface area contributed by atoms with Crippen molar-refractivity contribution < 1.29 is 14.1 Å². The van der Waals surface area contributed by atoms with Gasteiger partial charge in [0.25, 0.3) is 5.91 Å². The first-order valence-electron chi connectivity index (χ1n) is 9.14. The van der Waals surface area contributed by atoms with Gasteiger partial charge in [-0.15, -0.1) is 0 Å². The third-order valence-corrected chi connectivity index (χ3v) is 5.25. The van der Waals surface area contributed by atoms with Crippen LogP contribution >= 0.6 is 0 Å². The number of likely N-dealkylation sites (tertiary alicyclic amines) is 1. The van der Waals surface area contributed by atoms with Gasteiger partial charge in [0.2, 0.25) is 0 Å². The van der Waals surface area contributed by atoms with Gasteiger partial charge >= 0.3 is 0 Å². The molecule has 1 fully saturated rings. The molecule has 1 saturated heterocycles. The molecule has 0 unspecified atom stereocenters. The lowest BCUT2D eigenvalue weighted by molar-refractivity contribution is -0.139. The van der Waals surface area contributed by atoms with Gasteiger partial charge in [-0.1, -0.05) is 11.2 Å². The average Bonchev–Trinajstić information content (AvgIpc) is 3.33. The van der Waals surface area contributed by atoms with Crippen molar-refractivity contribution in [3.05, 3.63) is 46.8 Å². The van der Waals surface area contributed by atoms with Crippen molar-refractivity contribution in [3.63, 3.8) is 0 Å². The van der Waals surface area contributed by atoms with Crippen molar-refractivity contribution in [2.45, 2.75) is 58.1 Å². The molecular formula is C20H24N2O3. The van der Waals surface area contributed by atoms with Gasteiger partial charge in [-0.2, -0.15) is 0 Å². The molecule has 5 nitrogen and oxygen atoms in total. The zero-order valence-electron chi connectivity index (χ0n) is 14.8. The number of ether oxygens (including phenoxy) is 1. The number of aryl methyl sites for hydroxylation is 3. The SMILES string of the molecule is Cc1cc([C@@H]2CCCN2C(=O)[C@H](C)Oc2ccc3c(c2)CCC3)no1. The number of aromatic nitrogens is 1. The van der Waals surface area contributed by atoms with E-state index in [4.69, 9.17) is 9.26 Å². The molecule has 2 aromatic rings. The second-order valence-electron chi connectivity index (χ2n) is 7.10. The van der Waals surface area contributed by atoms with E-state index in [1.54, 1.807) is 0 Å². The summed E-state index contributed by atoms with van der Waals surface area (Å²) in [7, 11) is 0. The van der Waals surface area contributed by atoms with Crippen molar-refractivity contribution in [1.82, 2.24) is 10.1 Å². The zero-order valence-corrected chi connectivity index (χ0v) is 14.8. The number of hydrogen-bond donors (Lipinski definition) is 0. The summed E-state index contributed by atoms with van der Waals surface area (Å²) in [5.41, 5.74) is 3.61. The van der Waals surface area contributed by atoms with Crippen LogP contribution in [-0.4, -0.2) is 28.6 Å². The van der Waals surface area contributed by atoms with Crippen molar-refractivity contribution >= 4 is 5.91 Å². The highest BCUT2D eigenvalue weighted by Gasteiger charge is 2.35. The fraction of sp³-hybridized carbons (Fsp3) is 0.500. The molecule has 1 aliphatic carbocycles. The number of amides is 1. The van der Waals surface area contributed by atoms with E-state index in [9.17, 15) is 4.79 Å². The highest BCUT2D eigenvalue weighted by Crippen LogP contribution is 2.33. The maximum absolute atomic E-state index is 12.9. The molecule has 1 amide bonds. The molecule has 0 bridgehead atoms. The predicted molar refractivity (Wildman–Crippen MR) is 93.5 cm³/mol. The molecule has 0 spiro atoms. The van der Waals surface area contributed by atoms with E-state index in [0.29, 0.717) is 0 Å². The molecule has 132 valence electrons. The highest BCUT2D eigenvalue weighted by molar-refractivity contribution is 5.81. The Morgan fingerprint density at radius 1 is 1.28 bits per heavy atom. The topological polar surface area (TPSA) is 55.6 Å². The first-order chi connectivity index (χ1) is 12.1. The average molecular weight is 340 g/mol. The summed E-state index contributed by atoms with van der Waals surface area (Å²) in [4.78, 5) is 14.8. The fourth-order valence-electron chi connectivity index (χ4n) is 3.99. The van der Waals surface area contributed by atoms with Gasteiger partial charge in [0.15, 0.2) is 6.10 Å². The van der Waals surface area contributed by atoms with E-state index in [0.717, 1.165) is 49.4 Å². The molecule has 25 heavy (non-hydrogen) atoms. The Hall–Kier alpha value is -2.30. The number of carbonyl (C=O) groups is 1. The monoisotopic (exact) mass is 340 g/mol. The molecule has 2 atom stereocenters. The van der Waals surface area contributed by atoms with Gasteiger partial charge < -0.3 is 14.2 Å². The maximum atomic E-state index is 12.9. The van der Waals surface area contributed by atoms with Crippen molar-refractivity contribution in [2.75, 3.05) is 6.54 Å². The van der Waals surface area contributed by atoms with Crippen LogP contribution in [0.4, 0.5) is 0 Å². The molecule has 1 aliphatic heterocycles. The molecule has 2 aliphatic rings. The lowest BCUT2D eigenvalue weighted by Crippen LogP contribution is -2.40. The summed E-state index contributed by atoms with van der Waals surface area (Å²) in [6, 6.07) is 8.12. The summed E-state index contributed by atoms with van der Waals surface area (Å²) >= 11 is 0. The summed E-state index contributed by atoms with van der Waals surface area (Å²) in [5.74, 6) is 1.58. The maximum Gasteiger partial charge on any atom is 0.263 e. The summed E-state index contributed by atoms with van der Waals surface area (Å²) in [6.45, 7) is 4.45. The van der Waals surface area contributed by atoms with Crippen LogP contribution in [0.15, 0.2) is 28.8 Å². The van der Waals surface area contributed by atoms with Gasteiger partial charge in [-0.25, -0.2) is 0 Å². The molecule has 4 rings (SSSR count). The number of fused-ring (bicyclic) bond motifs is 1. The molecule has 2 heterocycles. The molecule has 1 aromatic carbocycles. The summed E-state index contributed by atoms with van der Waals surface area (Å²) in [6.07, 6.45) is 4.86. The Labute approximate surface area is 147 Å². The summed E-state index contributed by atoms with van der Waals surface area (Å²) < 4.78 is 11.2. The standard InChI is InChI=1S/C20H24N2O3/c1-13-11-18(21-25-13)19-7-4-10-22(19)20(23)14(2)24-17-9-8-15-5-3-6-16(15)12-17/h8-9,11-12,14,19H,3-7,10H2,1-2H3/t14-,19-/m0/s1. The van der Waals surface area contributed by atoms with Gasteiger partial charge in [-0.05, 0) is 69.2 Å².